The summed E-state index contributed by atoms with van der Waals surface area (Å²) in [6.07, 6.45) is 0. The Hall–Kier alpha value is -1.55. The molecular weight excluding hydrogens is 190 g/mol. The van der Waals surface area contributed by atoms with Gasteiger partial charge in [0.25, 0.3) is 0 Å². The molecule has 0 unspecified atom stereocenters. The first-order valence-corrected chi connectivity index (χ1v) is 4.84. The Kier molecular flexibility index (Phi) is 3.68. The Balaban J connectivity index is 2.78. The first-order valence-electron chi connectivity index (χ1n) is 4.84. The van der Waals surface area contributed by atoms with E-state index in [1.54, 1.807) is 6.92 Å². The van der Waals surface area contributed by atoms with E-state index in [2.05, 4.69) is 5.32 Å². The van der Waals surface area contributed by atoms with Crippen molar-refractivity contribution in [2.45, 2.75) is 13.0 Å². The van der Waals surface area contributed by atoms with Gasteiger partial charge in [0.05, 0.1) is 6.04 Å². The molecule has 1 atom stereocenters. The highest BCUT2D eigenvalue weighted by molar-refractivity contribution is 5.94. The van der Waals surface area contributed by atoms with Crippen molar-refractivity contribution in [3.8, 4) is 0 Å². The number of rotatable bonds is 3. The van der Waals surface area contributed by atoms with Crippen molar-refractivity contribution in [3.63, 3.8) is 0 Å². The number of amides is 1. The van der Waals surface area contributed by atoms with E-state index in [0.29, 0.717) is 0 Å². The molecule has 1 aromatic rings. The van der Waals surface area contributed by atoms with Gasteiger partial charge in [0.15, 0.2) is 0 Å². The molecule has 0 saturated heterocycles. The van der Waals surface area contributed by atoms with Crippen molar-refractivity contribution < 1.29 is 4.79 Å². The highest BCUT2D eigenvalue weighted by Gasteiger charge is 2.07. The predicted octanol–water partition coefficient (Wildman–Crippen LogP) is 1.04. The second-order valence-corrected chi connectivity index (χ2v) is 3.72. The molecular formula is C11H17N3O. The lowest BCUT2D eigenvalue weighted by Gasteiger charge is -2.14. The number of nitrogens with two attached hydrogens (primary N) is 1. The first kappa shape index (κ1) is 11.5. The minimum absolute atomic E-state index is 0.175. The van der Waals surface area contributed by atoms with Crippen LogP contribution in [0.15, 0.2) is 24.3 Å². The van der Waals surface area contributed by atoms with Crippen molar-refractivity contribution in [2.24, 2.45) is 5.73 Å². The van der Waals surface area contributed by atoms with Gasteiger partial charge >= 0.3 is 0 Å². The van der Waals surface area contributed by atoms with Crippen molar-refractivity contribution in [3.05, 3.63) is 24.3 Å². The minimum Gasteiger partial charge on any atom is -0.378 e. The van der Waals surface area contributed by atoms with Crippen LogP contribution in [0.1, 0.15) is 6.92 Å². The molecule has 82 valence electrons. The smallest absolute Gasteiger partial charge is 0.240 e. The maximum atomic E-state index is 11.3. The van der Waals surface area contributed by atoms with Gasteiger partial charge in [0, 0.05) is 25.5 Å². The van der Waals surface area contributed by atoms with E-state index in [1.165, 1.54) is 0 Å². The molecule has 0 fully saturated rings. The summed E-state index contributed by atoms with van der Waals surface area (Å²) in [5, 5.41) is 2.75. The molecule has 1 rings (SSSR count). The van der Waals surface area contributed by atoms with Crippen LogP contribution < -0.4 is 16.0 Å². The van der Waals surface area contributed by atoms with Gasteiger partial charge in [-0.05, 0) is 25.1 Å². The Labute approximate surface area is 90.1 Å². The van der Waals surface area contributed by atoms with Gasteiger partial charge in [-0.3, -0.25) is 4.79 Å². The number of nitrogens with one attached hydrogen (secondary N) is 1. The van der Waals surface area contributed by atoms with Crippen molar-refractivity contribution in [2.75, 3.05) is 24.3 Å². The highest BCUT2D eigenvalue weighted by atomic mass is 16.2. The van der Waals surface area contributed by atoms with Crippen LogP contribution in [0.2, 0.25) is 0 Å². The summed E-state index contributed by atoms with van der Waals surface area (Å²) < 4.78 is 0. The Morgan fingerprint density at radius 2 is 2.13 bits per heavy atom. The van der Waals surface area contributed by atoms with Gasteiger partial charge < -0.3 is 16.0 Å². The van der Waals surface area contributed by atoms with Crippen LogP contribution in [0, 0.1) is 0 Å². The quantitative estimate of drug-likeness (QED) is 0.778. The van der Waals surface area contributed by atoms with E-state index in [4.69, 9.17) is 5.73 Å². The fourth-order valence-corrected chi connectivity index (χ4v) is 1.12. The fraction of sp³-hybridized carbons (Fsp3) is 0.364. The average Bonchev–Trinajstić information content (AvgIpc) is 2.18. The van der Waals surface area contributed by atoms with Gasteiger partial charge in [0.1, 0.15) is 0 Å². The molecule has 4 heteroatoms. The lowest BCUT2D eigenvalue weighted by atomic mass is 10.2. The molecule has 0 spiro atoms. The number of hydrogen-bond donors (Lipinski definition) is 2. The minimum atomic E-state index is -0.493. The number of carbonyl (C=O) groups excluding carboxylic acids is 1. The molecule has 1 aromatic carbocycles. The zero-order valence-electron chi connectivity index (χ0n) is 9.32. The van der Waals surface area contributed by atoms with Crippen LogP contribution in [0.25, 0.3) is 0 Å². The first-order chi connectivity index (χ1) is 7.00. The van der Waals surface area contributed by atoms with Gasteiger partial charge in [-0.15, -0.1) is 0 Å². The molecule has 4 nitrogen and oxygen atoms in total. The monoisotopic (exact) mass is 207 g/mol. The fourth-order valence-electron chi connectivity index (χ4n) is 1.12. The van der Waals surface area contributed by atoms with Crippen LogP contribution in [-0.2, 0) is 4.79 Å². The van der Waals surface area contributed by atoms with E-state index in [0.717, 1.165) is 11.4 Å². The number of carbonyl (C=O) groups is 1. The summed E-state index contributed by atoms with van der Waals surface area (Å²) in [7, 11) is 3.90. The largest absolute Gasteiger partial charge is 0.378 e. The molecule has 0 aliphatic heterocycles. The van der Waals surface area contributed by atoms with Crippen LogP contribution in [0.3, 0.4) is 0 Å². The van der Waals surface area contributed by atoms with Crippen molar-refractivity contribution >= 4 is 17.3 Å². The van der Waals surface area contributed by atoms with Gasteiger partial charge in [-0.1, -0.05) is 6.07 Å². The average molecular weight is 207 g/mol. The maximum Gasteiger partial charge on any atom is 0.240 e. The molecule has 0 bridgehead atoms. The molecule has 0 aliphatic carbocycles. The van der Waals surface area contributed by atoms with Crippen molar-refractivity contribution in [1.29, 1.82) is 0 Å². The van der Waals surface area contributed by atoms with E-state index >= 15 is 0 Å². The van der Waals surface area contributed by atoms with Gasteiger partial charge in [0.2, 0.25) is 5.91 Å². The predicted molar refractivity (Wildman–Crippen MR) is 63.0 cm³/mol. The molecule has 0 radical (unpaired) electrons. The summed E-state index contributed by atoms with van der Waals surface area (Å²) in [5.41, 5.74) is 7.27. The lowest BCUT2D eigenvalue weighted by Crippen LogP contribution is -2.32. The topological polar surface area (TPSA) is 58.4 Å². The van der Waals surface area contributed by atoms with E-state index in [-0.39, 0.29) is 5.91 Å². The molecule has 0 aliphatic rings. The summed E-state index contributed by atoms with van der Waals surface area (Å²) in [6, 6.07) is 7.12. The summed E-state index contributed by atoms with van der Waals surface area (Å²) in [6.45, 7) is 1.66. The lowest BCUT2D eigenvalue weighted by molar-refractivity contribution is -0.117. The second kappa shape index (κ2) is 4.79. The molecule has 1 amide bonds. The van der Waals surface area contributed by atoms with Crippen LogP contribution in [0.5, 0.6) is 0 Å². The number of hydrogen-bond acceptors (Lipinski definition) is 3. The zero-order chi connectivity index (χ0) is 11.4. The standard InChI is InChI=1S/C11H17N3O/c1-8(12)11(15)13-9-5-4-6-10(7-9)14(2)3/h4-8H,12H2,1-3H3,(H,13,15)/t8-/m1/s1. The molecule has 0 heterocycles. The third kappa shape index (κ3) is 3.25. The highest BCUT2D eigenvalue weighted by Crippen LogP contribution is 2.17. The molecule has 0 aromatic heterocycles. The second-order valence-electron chi connectivity index (χ2n) is 3.72. The number of benzene rings is 1. The van der Waals surface area contributed by atoms with E-state index < -0.39 is 6.04 Å². The van der Waals surface area contributed by atoms with Crippen LogP contribution >= 0.6 is 0 Å². The molecule has 0 saturated carbocycles. The summed E-state index contributed by atoms with van der Waals surface area (Å²) >= 11 is 0. The summed E-state index contributed by atoms with van der Waals surface area (Å²) in [4.78, 5) is 13.3. The molecule has 15 heavy (non-hydrogen) atoms. The van der Waals surface area contributed by atoms with E-state index in [1.807, 2.05) is 43.3 Å². The van der Waals surface area contributed by atoms with Crippen molar-refractivity contribution in [1.82, 2.24) is 0 Å². The Bertz CT molecular complexity index is 347. The summed E-state index contributed by atoms with van der Waals surface area (Å²) in [5.74, 6) is -0.175. The number of nitrogens with zero attached hydrogens (tertiary/aromatic N) is 1. The molecule has 3 N–H and O–H groups in total. The Morgan fingerprint density at radius 1 is 1.47 bits per heavy atom. The third-order valence-electron chi connectivity index (χ3n) is 2.04. The zero-order valence-corrected chi connectivity index (χ0v) is 9.32. The van der Waals surface area contributed by atoms with Gasteiger partial charge in [-0.2, -0.15) is 0 Å². The van der Waals surface area contributed by atoms with Crippen LogP contribution in [0.4, 0.5) is 11.4 Å². The normalized spacial score (nSPS) is 12.0. The Morgan fingerprint density at radius 3 is 2.67 bits per heavy atom. The SMILES string of the molecule is C[C@@H](N)C(=O)Nc1cccc(N(C)C)c1. The number of anilines is 2. The van der Waals surface area contributed by atoms with Crippen LogP contribution in [-0.4, -0.2) is 26.0 Å². The maximum absolute atomic E-state index is 11.3. The van der Waals surface area contributed by atoms with Gasteiger partial charge in [-0.25, -0.2) is 0 Å². The van der Waals surface area contributed by atoms with E-state index in [9.17, 15) is 4.79 Å². The third-order valence-corrected chi connectivity index (χ3v) is 2.04.